The molecule has 6 heteroatoms. The van der Waals surface area contributed by atoms with Crippen molar-refractivity contribution in [3.05, 3.63) is 47.1 Å². The van der Waals surface area contributed by atoms with Gasteiger partial charge in [0, 0.05) is 31.9 Å². The molecule has 1 fully saturated rings. The van der Waals surface area contributed by atoms with E-state index in [1.54, 1.807) is 17.1 Å². The Kier molecular flexibility index (Phi) is 5.81. The summed E-state index contributed by atoms with van der Waals surface area (Å²) in [5.74, 6) is -0.149. The summed E-state index contributed by atoms with van der Waals surface area (Å²) in [5, 5.41) is 7.09. The largest absolute Gasteiger partial charge is 0.320 e. The van der Waals surface area contributed by atoms with Crippen molar-refractivity contribution in [2.45, 2.75) is 58.4 Å². The summed E-state index contributed by atoms with van der Waals surface area (Å²) in [6.07, 6.45) is 13.6. The summed E-state index contributed by atoms with van der Waals surface area (Å²) in [7, 11) is 1.83. The van der Waals surface area contributed by atoms with Gasteiger partial charge < -0.3 is 5.32 Å². The van der Waals surface area contributed by atoms with Gasteiger partial charge in [-0.3, -0.25) is 19.4 Å². The molecule has 3 heterocycles. The predicted molar refractivity (Wildman–Crippen MR) is 116 cm³/mol. The molecule has 1 saturated carbocycles. The molecule has 0 radical (unpaired) electrons. The van der Waals surface area contributed by atoms with Crippen LogP contribution in [0.2, 0.25) is 0 Å². The molecule has 0 unspecified atom stereocenters. The first-order chi connectivity index (χ1) is 14.0. The minimum atomic E-state index is -0.149. The molecule has 0 atom stereocenters. The summed E-state index contributed by atoms with van der Waals surface area (Å²) in [5.41, 5.74) is 5.65. The number of hydrogen-bond donors (Lipinski definition) is 1. The maximum atomic E-state index is 12.5. The molecular formula is C23H31N5O. The fourth-order valence-electron chi connectivity index (χ4n) is 4.58. The van der Waals surface area contributed by atoms with Crippen LogP contribution in [0.1, 0.15) is 65.8 Å². The van der Waals surface area contributed by atoms with Crippen LogP contribution in [0.4, 0.5) is 5.69 Å². The number of hydrogen-bond acceptors (Lipinski definition) is 4. The van der Waals surface area contributed by atoms with E-state index in [9.17, 15) is 4.79 Å². The van der Waals surface area contributed by atoms with Gasteiger partial charge in [-0.15, -0.1) is 0 Å². The summed E-state index contributed by atoms with van der Waals surface area (Å²) >= 11 is 0. The summed E-state index contributed by atoms with van der Waals surface area (Å²) in [4.78, 5) is 19.9. The molecule has 2 aromatic rings. The Morgan fingerprint density at radius 1 is 1.17 bits per heavy atom. The molecule has 4 rings (SSSR count). The Morgan fingerprint density at radius 2 is 1.97 bits per heavy atom. The van der Waals surface area contributed by atoms with Gasteiger partial charge in [0.25, 0.3) is 5.91 Å². The smallest absolute Gasteiger partial charge is 0.259 e. The molecule has 2 aliphatic rings. The Hall–Kier alpha value is -2.47. The molecular weight excluding hydrogens is 362 g/mol. The lowest BCUT2D eigenvalue weighted by Gasteiger charge is -2.36. The number of carbonyl (C=O) groups is 1. The highest BCUT2D eigenvalue weighted by Gasteiger charge is 2.23. The van der Waals surface area contributed by atoms with Gasteiger partial charge in [0.2, 0.25) is 0 Å². The van der Waals surface area contributed by atoms with Crippen molar-refractivity contribution in [2.75, 3.05) is 18.4 Å². The standard InChI is InChI=1S/C23H31N5O/c1-16-13-19(26-23(29)21-15-25-27(3)17(21)2)14-24-22(16)18-9-11-28(12-10-18)20-7-5-4-6-8-20/h9,13-15,20H,4-8,10-12H2,1-3H3,(H,26,29). The molecule has 1 N–H and O–H groups in total. The van der Waals surface area contributed by atoms with Gasteiger partial charge in [-0.05, 0) is 50.3 Å². The van der Waals surface area contributed by atoms with Crippen LogP contribution in [-0.2, 0) is 7.05 Å². The van der Waals surface area contributed by atoms with E-state index in [2.05, 4.69) is 28.3 Å². The highest BCUT2D eigenvalue weighted by molar-refractivity contribution is 6.04. The number of nitrogens with zero attached hydrogens (tertiary/aromatic N) is 4. The number of anilines is 1. The summed E-state index contributed by atoms with van der Waals surface area (Å²) < 4.78 is 1.70. The minimum absolute atomic E-state index is 0.149. The Labute approximate surface area is 173 Å². The van der Waals surface area contributed by atoms with E-state index in [1.165, 1.54) is 37.7 Å². The molecule has 0 saturated heterocycles. The molecule has 1 aliphatic carbocycles. The minimum Gasteiger partial charge on any atom is -0.320 e. The number of pyridine rings is 1. The van der Waals surface area contributed by atoms with E-state index < -0.39 is 0 Å². The zero-order valence-corrected chi connectivity index (χ0v) is 17.7. The van der Waals surface area contributed by atoms with Crippen LogP contribution in [0.5, 0.6) is 0 Å². The number of nitrogens with one attached hydrogen (secondary N) is 1. The molecule has 6 nitrogen and oxygen atoms in total. The third-order valence-corrected chi connectivity index (χ3v) is 6.45. The molecule has 0 spiro atoms. The molecule has 154 valence electrons. The second kappa shape index (κ2) is 8.49. The lowest BCUT2D eigenvalue weighted by atomic mass is 9.92. The average molecular weight is 394 g/mol. The third kappa shape index (κ3) is 4.27. The fraction of sp³-hybridized carbons (Fsp3) is 0.522. The van der Waals surface area contributed by atoms with Crippen molar-refractivity contribution in [1.29, 1.82) is 0 Å². The topological polar surface area (TPSA) is 63.1 Å². The van der Waals surface area contributed by atoms with Crippen LogP contribution in [0.15, 0.2) is 24.5 Å². The second-order valence-corrected chi connectivity index (χ2v) is 8.38. The summed E-state index contributed by atoms with van der Waals surface area (Å²) in [6.45, 7) is 6.11. The highest BCUT2D eigenvalue weighted by atomic mass is 16.1. The lowest BCUT2D eigenvalue weighted by molar-refractivity contribution is 0.102. The predicted octanol–water partition coefficient (Wildman–Crippen LogP) is 4.11. The Bertz CT molecular complexity index is 923. The molecule has 2 aromatic heterocycles. The second-order valence-electron chi connectivity index (χ2n) is 8.38. The van der Waals surface area contributed by atoms with Gasteiger partial charge in [-0.1, -0.05) is 25.3 Å². The van der Waals surface area contributed by atoms with Crippen LogP contribution in [0, 0.1) is 13.8 Å². The number of rotatable bonds is 4. The normalized spacial score (nSPS) is 18.5. The van der Waals surface area contributed by atoms with Gasteiger partial charge in [0.05, 0.1) is 29.3 Å². The molecule has 29 heavy (non-hydrogen) atoms. The molecule has 0 aromatic carbocycles. The molecule has 0 bridgehead atoms. The highest BCUT2D eigenvalue weighted by Crippen LogP contribution is 2.29. The fourth-order valence-corrected chi connectivity index (χ4v) is 4.58. The van der Waals surface area contributed by atoms with Gasteiger partial charge in [0.1, 0.15) is 0 Å². The van der Waals surface area contributed by atoms with E-state index >= 15 is 0 Å². The zero-order valence-electron chi connectivity index (χ0n) is 17.7. The quantitative estimate of drug-likeness (QED) is 0.849. The first-order valence-corrected chi connectivity index (χ1v) is 10.7. The zero-order chi connectivity index (χ0) is 20.4. The van der Waals surface area contributed by atoms with Crippen LogP contribution in [0.25, 0.3) is 5.57 Å². The number of carbonyl (C=O) groups excluding carboxylic acids is 1. The number of aryl methyl sites for hydroxylation is 2. The van der Waals surface area contributed by atoms with Gasteiger partial charge >= 0.3 is 0 Å². The SMILES string of the molecule is Cc1cc(NC(=O)c2cnn(C)c2C)cnc1C1=CCN(C2CCCCC2)CC1. The van der Waals surface area contributed by atoms with Crippen molar-refractivity contribution in [1.82, 2.24) is 19.7 Å². The maximum absolute atomic E-state index is 12.5. The van der Waals surface area contributed by atoms with Gasteiger partial charge in [0.15, 0.2) is 0 Å². The first kappa shape index (κ1) is 19.8. The van der Waals surface area contributed by atoms with Crippen LogP contribution >= 0.6 is 0 Å². The van der Waals surface area contributed by atoms with E-state index in [0.717, 1.165) is 48.2 Å². The van der Waals surface area contributed by atoms with E-state index in [1.807, 2.05) is 20.0 Å². The molecule has 1 aliphatic heterocycles. The Balaban J connectivity index is 1.43. The average Bonchev–Trinajstić information content (AvgIpc) is 3.08. The van der Waals surface area contributed by atoms with Gasteiger partial charge in [-0.2, -0.15) is 5.10 Å². The monoisotopic (exact) mass is 393 g/mol. The maximum Gasteiger partial charge on any atom is 0.259 e. The number of aromatic nitrogens is 3. The third-order valence-electron chi connectivity index (χ3n) is 6.45. The lowest BCUT2D eigenvalue weighted by Crippen LogP contribution is -2.39. The van der Waals surface area contributed by atoms with Crippen molar-refractivity contribution in [3.63, 3.8) is 0 Å². The van der Waals surface area contributed by atoms with Crippen LogP contribution < -0.4 is 5.32 Å². The van der Waals surface area contributed by atoms with E-state index in [4.69, 9.17) is 4.98 Å². The molecule has 1 amide bonds. The van der Waals surface area contributed by atoms with Crippen LogP contribution in [-0.4, -0.2) is 44.7 Å². The van der Waals surface area contributed by atoms with E-state index in [-0.39, 0.29) is 5.91 Å². The first-order valence-electron chi connectivity index (χ1n) is 10.7. The van der Waals surface area contributed by atoms with Crippen molar-refractivity contribution >= 4 is 17.2 Å². The Morgan fingerprint density at radius 3 is 2.59 bits per heavy atom. The number of amides is 1. The van der Waals surface area contributed by atoms with Crippen molar-refractivity contribution < 1.29 is 4.79 Å². The van der Waals surface area contributed by atoms with Crippen molar-refractivity contribution in [3.8, 4) is 0 Å². The van der Waals surface area contributed by atoms with Gasteiger partial charge in [-0.25, -0.2) is 0 Å². The van der Waals surface area contributed by atoms with Crippen LogP contribution in [0.3, 0.4) is 0 Å². The van der Waals surface area contributed by atoms with E-state index in [0.29, 0.717) is 5.56 Å². The summed E-state index contributed by atoms with van der Waals surface area (Å²) in [6, 6.07) is 2.78. The van der Waals surface area contributed by atoms with Crippen molar-refractivity contribution in [2.24, 2.45) is 7.05 Å².